The molecular weight excluding hydrogens is 223 g/mol. The Labute approximate surface area is 81.1 Å². The van der Waals surface area contributed by atoms with Crippen LogP contribution in [0.1, 0.15) is 22.5 Å². The van der Waals surface area contributed by atoms with Gasteiger partial charge in [0.15, 0.2) is 11.5 Å². The molecule has 7 heteroatoms. The molecule has 0 aliphatic rings. The number of aromatic carboxylic acids is 1. The van der Waals surface area contributed by atoms with Crippen LogP contribution in [0.3, 0.4) is 0 Å². The molecular formula is C7H3ClF3NO2. The summed E-state index contributed by atoms with van der Waals surface area (Å²) in [7, 11) is 0. The summed E-state index contributed by atoms with van der Waals surface area (Å²) in [5.74, 6) is -3.18. The van der Waals surface area contributed by atoms with Crippen LogP contribution >= 0.6 is 11.6 Å². The van der Waals surface area contributed by atoms with E-state index in [0.717, 1.165) is 0 Å². The van der Waals surface area contributed by atoms with E-state index in [4.69, 9.17) is 16.7 Å². The molecule has 0 fully saturated rings. The van der Waals surface area contributed by atoms with Crippen LogP contribution in [-0.2, 0) is 0 Å². The molecule has 0 aromatic carbocycles. The maximum absolute atomic E-state index is 13.0. The van der Waals surface area contributed by atoms with Crippen molar-refractivity contribution in [2.75, 3.05) is 0 Å². The lowest BCUT2D eigenvalue weighted by molar-refractivity contribution is 0.0674. The van der Waals surface area contributed by atoms with Crippen molar-refractivity contribution in [2.45, 2.75) is 6.43 Å². The number of carboxylic acids is 1. The molecule has 0 aliphatic heterocycles. The Bertz CT molecular complexity index is 383. The van der Waals surface area contributed by atoms with E-state index < -0.39 is 34.5 Å². The topological polar surface area (TPSA) is 50.2 Å². The van der Waals surface area contributed by atoms with Gasteiger partial charge in [0, 0.05) is 6.20 Å². The van der Waals surface area contributed by atoms with Gasteiger partial charge in [-0.2, -0.15) is 0 Å². The number of halogens is 4. The van der Waals surface area contributed by atoms with E-state index in [1.807, 2.05) is 0 Å². The maximum atomic E-state index is 13.0. The molecule has 0 unspecified atom stereocenters. The Hall–Kier alpha value is -1.30. The molecule has 0 radical (unpaired) electrons. The molecule has 0 aliphatic carbocycles. The zero-order chi connectivity index (χ0) is 10.9. The van der Waals surface area contributed by atoms with Crippen LogP contribution in [0.5, 0.6) is 0 Å². The van der Waals surface area contributed by atoms with Gasteiger partial charge in [-0.15, -0.1) is 0 Å². The number of hydrogen-bond acceptors (Lipinski definition) is 2. The smallest absolute Gasteiger partial charge is 0.355 e. The summed E-state index contributed by atoms with van der Waals surface area (Å²) < 4.78 is 37.4. The third-order valence-corrected chi connectivity index (χ3v) is 1.69. The van der Waals surface area contributed by atoms with Gasteiger partial charge in [-0.05, 0) is 0 Å². The number of aromatic nitrogens is 1. The van der Waals surface area contributed by atoms with Crippen molar-refractivity contribution in [3.63, 3.8) is 0 Å². The second-order valence-corrected chi connectivity index (χ2v) is 2.70. The lowest BCUT2D eigenvalue weighted by Crippen LogP contribution is -2.08. The number of hydrogen-bond donors (Lipinski definition) is 1. The molecule has 0 bridgehead atoms. The van der Waals surface area contributed by atoms with Crippen molar-refractivity contribution < 1.29 is 23.1 Å². The zero-order valence-corrected chi connectivity index (χ0v) is 7.23. The summed E-state index contributed by atoms with van der Waals surface area (Å²) in [5, 5.41) is 7.79. The molecule has 0 spiro atoms. The summed E-state index contributed by atoms with van der Waals surface area (Å²) in [5.41, 5.74) is -2.31. The van der Waals surface area contributed by atoms with Crippen molar-refractivity contribution in [3.8, 4) is 0 Å². The van der Waals surface area contributed by atoms with E-state index in [0.29, 0.717) is 6.20 Å². The highest BCUT2D eigenvalue weighted by molar-refractivity contribution is 6.30. The monoisotopic (exact) mass is 225 g/mol. The molecule has 0 saturated heterocycles. The third-order valence-electron chi connectivity index (χ3n) is 1.43. The number of alkyl halides is 2. The van der Waals surface area contributed by atoms with Gasteiger partial charge >= 0.3 is 5.97 Å². The fourth-order valence-electron chi connectivity index (χ4n) is 0.850. The Morgan fingerprint density at radius 1 is 1.57 bits per heavy atom. The molecule has 1 rings (SSSR count). The Morgan fingerprint density at radius 3 is 2.57 bits per heavy atom. The molecule has 0 atom stereocenters. The summed E-state index contributed by atoms with van der Waals surface area (Å²) >= 11 is 5.17. The van der Waals surface area contributed by atoms with Crippen LogP contribution < -0.4 is 0 Å². The highest BCUT2D eigenvalue weighted by Crippen LogP contribution is 2.28. The number of pyridine rings is 1. The third kappa shape index (κ3) is 1.79. The standard InChI is InChI=1S/C7H3ClF3NO2/c8-2-1-12-5(7(13)14)3(4(2)9)6(10)11/h1,6H,(H,13,14). The van der Waals surface area contributed by atoms with E-state index in [1.54, 1.807) is 0 Å². The first-order valence-corrected chi connectivity index (χ1v) is 3.68. The molecule has 0 amide bonds. The quantitative estimate of drug-likeness (QED) is 0.841. The second-order valence-electron chi connectivity index (χ2n) is 2.29. The minimum absolute atomic E-state index is 0.634. The lowest BCUT2D eigenvalue weighted by atomic mass is 10.2. The van der Waals surface area contributed by atoms with Crippen LogP contribution in [-0.4, -0.2) is 16.1 Å². The number of nitrogens with zero attached hydrogens (tertiary/aromatic N) is 1. The van der Waals surface area contributed by atoms with E-state index >= 15 is 0 Å². The molecule has 1 aromatic rings. The Morgan fingerprint density at radius 2 is 2.14 bits per heavy atom. The molecule has 1 heterocycles. The van der Waals surface area contributed by atoms with Crippen molar-refractivity contribution >= 4 is 17.6 Å². The average Bonchev–Trinajstić information content (AvgIpc) is 2.08. The van der Waals surface area contributed by atoms with Gasteiger partial charge in [-0.1, -0.05) is 11.6 Å². The summed E-state index contributed by atoms with van der Waals surface area (Å²) in [6.45, 7) is 0. The Kier molecular flexibility index (Phi) is 2.95. The Balaban J connectivity index is 3.45. The molecule has 1 aromatic heterocycles. The van der Waals surface area contributed by atoms with Gasteiger partial charge in [0.25, 0.3) is 6.43 Å². The minimum atomic E-state index is -3.27. The SMILES string of the molecule is O=C(O)c1ncc(Cl)c(F)c1C(F)F. The number of carbonyl (C=O) groups is 1. The summed E-state index contributed by atoms with van der Waals surface area (Å²) in [4.78, 5) is 13.5. The van der Waals surface area contributed by atoms with Gasteiger partial charge in [0.1, 0.15) is 0 Å². The van der Waals surface area contributed by atoms with Crippen molar-refractivity contribution in [2.24, 2.45) is 0 Å². The predicted octanol–water partition coefficient (Wildman–Crippen LogP) is 2.51. The molecule has 1 N–H and O–H groups in total. The van der Waals surface area contributed by atoms with Gasteiger partial charge in [-0.25, -0.2) is 22.9 Å². The largest absolute Gasteiger partial charge is 0.476 e. The molecule has 0 saturated carbocycles. The van der Waals surface area contributed by atoms with Gasteiger partial charge in [0.2, 0.25) is 0 Å². The van der Waals surface area contributed by atoms with Crippen LogP contribution in [0, 0.1) is 5.82 Å². The summed E-state index contributed by atoms with van der Waals surface area (Å²) in [6.07, 6.45) is -2.60. The fourth-order valence-corrected chi connectivity index (χ4v) is 1.00. The number of carboxylic acid groups (broad SMARTS) is 1. The first-order valence-electron chi connectivity index (χ1n) is 3.30. The first kappa shape index (κ1) is 10.8. The highest BCUT2D eigenvalue weighted by Gasteiger charge is 2.25. The van der Waals surface area contributed by atoms with Crippen LogP contribution in [0.15, 0.2) is 6.20 Å². The lowest BCUT2D eigenvalue weighted by Gasteiger charge is -2.05. The molecule has 3 nitrogen and oxygen atoms in total. The molecule has 14 heavy (non-hydrogen) atoms. The fraction of sp³-hybridized carbons (Fsp3) is 0.143. The normalized spacial score (nSPS) is 10.6. The van der Waals surface area contributed by atoms with Gasteiger partial charge < -0.3 is 5.11 Å². The number of rotatable bonds is 2. The van der Waals surface area contributed by atoms with E-state index in [9.17, 15) is 18.0 Å². The maximum Gasteiger partial charge on any atom is 0.355 e. The van der Waals surface area contributed by atoms with Crippen molar-refractivity contribution in [1.29, 1.82) is 0 Å². The van der Waals surface area contributed by atoms with Gasteiger partial charge in [-0.3, -0.25) is 0 Å². The molecule has 76 valence electrons. The van der Waals surface area contributed by atoms with Crippen LogP contribution in [0.2, 0.25) is 5.02 Å². The highest BCUT2D eigenvalue weighted by atomic mass is 35.5. The predicted molar refractivity (Wildman–Crippen MR) is 41.1 cm³/mol. The van der Waals surface area contributed by atoms with Crippen molar-refractivity contribution in [3.05, 3.63) is 28.3 Å². The van der Waals surface area contributed by atoms with Crippen LogP contribution in [0.4, 0.5) is 13.2 Å². The zero-order valence-electron chi connectivity index (χ0n) is 6.47. The van der Waals surface area contributed by atoms with E-state index in [-0.39, 0.29) is 0 Å². The van der Waals surface area contributed by atoms with Crippen LogP contribution in [0.25, 0.3) is 0 Å². The average molecular weight is 226 g/mol. The van der Waals surface area contributed by atoms with Gasteiger partial charge in [0.05, 0.1) is 10.6 Å². The second kappa shape index (κ2) is 3.83. The van der Waals surface area contributed by atoms with E-state index in [2.05, 4.69) is 4.98 Å². The first-order chi connectivity index (χ1) is 6.45. The minimum Gasteiger partial charge on any atom is -0.476 e. The van der Waals surface area contributed by atoms with E-state index in [1.165, 1.54) is 0 Å². The van der Waals surface area contributed by atoms with Crippen molar-refractivity contribution in [1.82, 2.24) is 4.98 Å². The summed E-state index contributed by atoms with van der Waals surface area (Å²) in [6, 6.07) is 0.